The van der Waals surface area contributed by atoms with E-state index in [2.05, 4.69) is 5.32 Å². The molecule has 0 atom stereocenters. The van der Waals surface area contributed by atoms with Crippen molar-refractivity contribution in [3.05, 3.63) is 35.4 Å². The van der Waals surface area contributed by atoms with E-state index in [0.717, 1.165) is 12.8 Å². The van der Waals surface area contributed by atoms with Crippen LogP contribution >= 0.6 is 0 Å². The summed E-state index contributed by atoms with van der Waals surface area (Å²) in [5, 5.41) is 3.23. The molecule has 2 aliphatic rings. The minimum atomic E-state index is -0.680. The summed E-state index contributed by atoms with van der Waals surface area (Å²) in [7, 11) is 0. The first kappa shape index (κ1) is 15.2. The number of amides is 3. The Hall–Kier alpha value is -2.70. The van der Waals surface area contributed by atoms with Crippen LogP contribution in [0.15, 0.2) is 24.3 Å². The lowest BCUT2D eigenvalue weighted by molar-refractivity contribution is -0.168. The van der Waals surface area contributed by atoms with Crippen molar-refractivity contribution in [3.8, 4) is 0 Å². The topological polar surface area (TPSA) is 92.8 Å². The largest absolute Gasteiger partial charge is 0.356 e. The summed E-state index contributed by atoms with van der Waals surface area (Å²) in [6.45, 7) is 0.368. The van der Waals surface area contributed by atoms with Crippen molar-refractivity contribution < 1.29 is 24.0 Å². The van der Waals surface area contributed by atoms with Crippen LogP contribution in [0.3, 0.4) is 0 Å². The van der Waals surface area contributed by atoms with Gasteiger partial charge in [-0.2, -0.15) is 0 Å². The van der Waals surface area contributed by atoms with E-state index in [1.807, 2.05) is 0 Å². The van der Waals surface area contributed by atoms with E-state index < -0.39 is 17.8 Å². The molecule has 0 radical (unpaired) electrons. The normalized spacial score (nSPS) is 16.3. The molecule has 7 nitrogen and oxygen atoms in total. The summed E-state index contributed by atoms with van der Waals surface area (Å²) in [6.07, 6.45) is 2.25. The second-order valence-electron chi connectivity index (χ2n) is 5.58. The van der Waals surface area contributed by atoms with Crippen molar-refractivity contribution in [2.24, 2.45) is 5.92 Å². The highest BCUT2D eigenvalue weighted by Gasteiger charge is 2.38. The summed E-state index contributed by atoms with van der Waals surface area (Å²) >= 11 is 0. The molecule has 0 aromatic heterocycles. The van der Waals surface area contributed by atoms with E-state index in [0.29, 0.717) is 18.0 Å². The van der Waals surface area contributed by atoms with Crippen LogP contribution in [0.4, 0.5) is 0 Å². The lowest BCUT2D eigenvalue weighted by atomic mass is 10.1. The number of hydrogen-bond acceptors (Lipinski definition) is 5. The molecule has 3 rings (SSSR count). The fourth-order valence-corrected chi connectivity index (χ4v) is 2.33. The summed E-state index contributed by atoms with van der Waals surface area (Å²) in [5.41, 5.74) is 0.448. The van der Waals surface area contributed by atoms with Crippen molar-refractivity contribution in [1.82, 2.24) is 10.4 Å². The summed E-state index contributed by atoms with van der Waals surface area (Å²) < 4.78 is 0. The smallest absolute Gasteiger partial charge is 0.333 e. The number of nitrogens with one attached hydrogen (secondary N) is 1. The van der Waals surface area contributed by atoms with E-state index in [4.69, 9.17) is 4.84 Å². The summed E-state index contributed by atoms with van der Waals surface area (Å²) in [6, 6.07) is 6.30. The zero-order valence-electron chi connectivity index (χ0n) is 12.4. The third kappa shape index (κ3) is 3.23. The Morgan fingerprint density at radius 3 is 2.30 bits per heavy atom. The molecule has 3 amide bonds. The van der Waals surface area contributed by atoms with Crippen LogP contribution in [0, 0.1) is 5.92 Å². The monoisotopic (exact) mass is 316 g/mol. The van der Waals surface area contributed by atoms with Gasteiger partial charge in [0, 0.05) is 18.9 Å². The molecule has 23 heavy (non-hydrogen) atoms. The first-order valence-electron chi connectivity index (χ1n) is 7.54. The molecule has 120 valence electrons. The van der Waals surface area contributed by atoms with Crippen molar-refractivity contribution >= 4 is 23.7 Å². The highest BCUT2D eigenvalue weighted by molar-refractivity contribution is 6.20. The van der Waals surface area contributed by atoms with Crippen molar-refractivity contribution in [2.45, 2.75) is 25.7 Å². The average Bonchev–Trinajstić information content (AvgIpc) is 3.37. The molecule has 1 aliphatic heterocycles. The van der Waals surface area contributed by atoms with Gasteiger partial charge < -0.3 is 10.2 Å². The van der Waals surface area contributed by atoms with E-state index >= 15 is 0 Å². The molecule has 0 unspecified atom stereocenters. The Bertz CT molecular complexity index is 646. The summed E-state index contributed by atoms with van der Waals surface area (Å²) in [5.74, 6) is -1.82. The van der Waals surface area contributed by atoms with E-state index in [9.17, 15) is 19.2 Å². The Kier molecular flexibility index (Phi) is 4.10. The first-order valence-corrected chi connectivity index (χ1v) is 7.54. The third-order valence-electron chi connectivity index (χ3n) is 3.75. The van der Waals surface area contributed by atoms with E-state index in [1.54, 1.807) is 12.1 Å². The molecule has 0 bridgehead atoms. The van der Waals surface area contributed by atoms with Crippen LogP contribution in [0.25, 0.3) is 0 Å². The van der Waals surface area contributed by atoms with Gasteiger partial charge in [-0.3, -0.25) is 14.4 Å². The maximum atomic E-state index is 12.0. The predicted molar refractivity (Wildman–Crippen MR) is 78.0 cm³/mol. The highest BCUT2D eigenvalue weighted by Crippen LogP contribution is 2.28. The SMILES string of the molecule is O=C(CCCNC(=O)C1CC1)ON1C(=O)c2ccccc2C1=O. The Morgan fingerprint density at radius 1 is 1.13 bits per heavy atom. The predicted octanol–water partition coefficient (Wildman–Crippen LogP) is 1.05. The second kappa shape index (κ2) is 6.20. The molecular formula is C16H16N2O5. The quantitative estimate of drug-likeness (QED) is 0.625. The van der Waals surface area contributed by atoms with Crippen molar-refractivity contribution in [2.75, 3.05) is 6.54 Å². The number of carbonyl (C=O) groups excluding carboxylic acids is 4. The number of fused-ring (bicyclic) bond motifs is 1. The van der Waals surface area contributed by atoms with Gasteiger partial charge in [-0.1, -0.05) is 17.2 Å². The standard InChI is InChI=1S/C16H16N2O5/c19-13(6-3-9-17-14(20)10-7-8-10)23-18-15(21)11-4-1-2-5-12(11)16(18)22/h1-2,4-5,10H,3,6-9H2,(H,17,20). The lowest BCUT2D eigenvalue weighted by Gasteiger charge is -2.12. The number of hydrogen-bond donors (Lipinski definition) is 1. The lowest BCUT2D eigenvalue weighted by Crippen LogP contribution is -2.33. The van der Waals surface area contributed by atoms with Gasteiger partial charge in [0.25, 0.3) is 11.8 Å². The van der Waals surface area contributed by atoms with E-state index in [1.165, 1.54) is 12.1 Å². The third-order valence-corrected chi connectivity index (χ3v) is 3.75. The van der Waals surface area contributed by atoms with Gasteiger partial charge in [-0.15, -0.1) is 0 Å². The molecule has 0 saturated heterocycles. The number of rotatable bonds is 6. The highest BCUT2D eigenvalue weighted by atomic mass is 16.7. The van der Waals surface area contributed by atoms with Crippen LogP contribution in [0.2, 0.25) is 0 Å². The number of carbonyl (C=O) groups is 4. The number of nitrogens with zero attached hydrogens (tertiary/aromatic N) is 1. The molecule has 7 heteroatoms. The number of benzene rings is 1. The Morgan fingerprint density at radius 2 is 1.74 bits per heavy atom. The molecule has 1 fully saturated rings. The molecule has 1 heterocycles. The molecule has 1 saturated carbocycles. The minimum Gasteiger partial charge on any atom is -0.356 e. The summed E-state index contributed by atoms with van der Waals surface area (Å²) in [4.78, 5) is 52.1. The van der Waals surface area contributed by atoms with Crippen LogP contribution in [-0.2, 0) is 14.4 Å². The second-order valence-corrected chi connectivity index (χ2v) is 5.58. The molecule has 1 N–H and O–H groups in total. The Labute approximate surface area is 132 Å². The molecule has 1 aromatic carbocycles. The number of hydroxylamine groups is 2. The van der Waals surface area contributed by atoms with Crippen LogP contribution < -0.4 is 5.32 Å². The minimum absolute atomic E-state index is 0.0123. The van der Waals surface area contributed by atoms with Crippen LogP contribution in [0.1, 0.15) is 46.4 Å². The van der Waals surface area contributed by atoms with Gasteiger partial charge in [0.15, 0.2) is 0 Å². The zero-order chi connectivity index (χ0) is 16.4. The zero-order valence-corrected chi connectivity index (χ0v) is 12.4. The van der Waals surface area contributed by atoms with Gasteiger partial charge in [-0.05, 0) is 31.4 Å². The fraction of sp³-hybridized carbons (Fsp3) is 0.375. The molecule has 1 aliphatic carbocycles. The van der Waals surface area contributed by atoms with Gasteiger partial charge >= 0.3 is 5.97 Å². The first-order chi connectivity index (χ1) is 11.1. The van der Waals surface area contributed by atoms with Crippen LogP contribution in [0.5, 0.6) is 0 Å². The van der Waals surface area contributed by atoms with Crippen LogP contribution in [-0.4, -0.2) is 35.3 Å². The van der Waals surface area contributed by atoms with Gasteiger partial charge in [0.2, 0.25) is 5.91 Å². The van der Waals surface area contributed by atoms with Gasteiger partial charge in [-0.25, -0.2) is 4.79 Å². The number of imide groups is 1. The average molecular weight is 316 g/mol. The van der Waals surface area contributed by atoms with Crippen molar-refractivity contribution in [1.29, 1.82) is 0 Å². The van der Waals surface area contributed by atoms with E-state index in [-0.39, 0.29) is 29.4 Å². The molecule has 1 aromatic rings. The maximum Gasteiger partial charge on any atom is 0.333 e. The Balaban J connectivity index is 1.46. The van der Waals surface area contributed by atoms with Crippen molar-refractivity contribution in [3.63, 3.8) is 0 Å². The molecular weight excluding hydrogens is 300 g/mol. The van der Waals surface area contributed by atoms with Gasteiger partial charge in [0.05, 0.1) is 11.1 Å². The van der Waals surface area contributed by atoms with Gasteiger partial charge in [0.1, 0.15) is 0 Å². The maximum absolute atomic E-state index is 12.0. The fourth-order valence-electron chi connectivity index (χ4n) is 2.33. The molecule has 0 spiro atoms.